The molecule has 1 heterocycles. The minimum Gasteiger partial charge on any atom is -0.379 e. The molecule has 1 aliphatic rings. The van der Waals surface area contributed by atoms with Gasteiger partial charge in [0.1, 0.15) is 0 Å². The van der Waals surface area contributed by atoms with Gasteiger partial charge in [-0.3, -0.25) is 0 Å². The smallest absolute Gasteiger partial charge is 0.0547 e. The Kier molecular flexibility index (Phi) is 6.06. The molecule has 1 nitrogen and oxygen atoms in total. The zero-order chi connectivity index (χ0) is 7.11. The van der Waals surface area contributed by atoms with E-state index in [0.717, 1.165) is 6.61 Å². The summed E-state index contributed by atoms with van der Waals surface area (Å²) in [6, 6.07) is 0. The number of hydrogen-bond donors (Lipinski definition) is 0. The molecular weight excluding hydrogens is 112 g/mol. The van der Waals surface area contributed by atoms with E-state index in [4.69, 9.17) is 4.74 Å². The molecule has 0 aromatic carbocycles. The van der Waals surface area contributed by atoms with Gasteiger partial charge < -0.3 is 4.74 Å². The minimum absolute atomic E-state index is 0.546. The van der Waals surface area contributed by atoms with Gasteiger partial charge in [-0.05, 0) is 19.8 Å². The molecule has 1 fully saturated rings. The molecule has 0 bridgehead atoms. The summed E-state index contributed by atoms with van der Waals surface area (Å²) >= 11 is 0. The molecule has 1 aliphatic heterocycles. The highest BCUT2D eigenvalue weighted by molar-refractivity contribution is 4.56. The summed E-state index contributed by atoms with van der Waals surface area (Å²) in [5, 5.41) is 0. The van der Waals surface area contributed by atoms with Crippen molar-refractivity contribution < 1.29 is 4.74 Å². The van der Waals surface area contributed by atoms with Crippen molar-refractivity contribution in [2.45, 2.75) is 46.1 Å². The van der Waals surface area contributed by atoms with Crippen molar-refractivity contribution in [3.63, 3.8) is 0 Å². The van der Waals surface area contributed by atoms with Crippen LogP contribution in [0, 0.1) is 0 Å². The van der Waals surface area contributed by atoms with Crippen molar-refractivity contribution in [2.24, 2.45) is 0 Å². The Balaban J connectivity index is 0.000000187. The Morgan fingerprint density at radius 3 is 2.11 bits per heavy atom. The van der Waals surface area contributed by atoms with E-state index in [2.05, 4.69) is 20.8 Å². The van der Waals surface area contributed by atoms with Crippen LogP contribution in [0.1, 0.15) is 40.0 Å². The zero-order valence-corrected chi connectivity index (χ0v) is 6.81. The Morgan fingerprint density at radius 2 is 2.00 bits per heavy atom. The van der Waals surface area contributed by atoms with Crippen molar-refractivity contribution in [3.8, 4) is 0 Å². The molecular formula is C8H18O. The average molecular weight is 130 g/mol. The molecule has 1 saturated heterocycles. The second-order valence-electron chi connectivity index (χ2n) is 2.53. The fourth-order valence-electron chi connectivity index (χ4n) is 0.739. The predicted octanol–water partition coefficient (Wildman–Crippen LogP) is 2.60. The maximum absolute atomic E-state index is 5.15. The van der Waals surface area contributed by atoms with Gasteiger partial charge in [-0.15, -0.1) is 0 Å². The standard InChI is InChI=1S/C5H10O.C3H8/c1-5-3-2-4-6-5;1-3-2/h5H,2-4H2,1H3;3H2,1-2H3. The average Bonchev–Trinajstić information content (AvgIpc) is 2.20. The first-order valence-corrected chi connectivity index (χ1v) is 3.92. The summed E-state index contributed by atoms with van der Waals surface area (Å²) in [5.41, 5.74) is 0. The van der Waals surface area contributed by atoms with E-state index in [9.17, 15) is 0 Å². The molecule has 9 heavy (non-hydrogen) atoms. The van der Waals surface area contributed by atoms with Gasteiger partial charge in [-0.2, -0.15) is 0 Å². The van der Waals surface area contributed by atoms with Crippen LogP contribution in [-0.2, 0) is 4.74 Å². The second kappa shape index (κ2) is 6.09. The van der Waals surface area contributed by atoms with Crippen molar-refractivity contribution >= 4 is 0 Å². The van der Waals surface area contributed by atoms with Crippen molar-refractivity contribution in [2.75, 3.05) is 6.61 Å². The third-order valence-electron chi connectivity index (χ3n) is 1.16. The van der Waals surface area contributed by atoms with E-state index in [-0.39, 0.29) is 0 Å². The lowest BCUT2D eigenvalue weighted by atomic mass is 10.3. The number of rotatable bonds is 0. The van der Waals surface area contributed by atoms with Gasteiger partial charge >= 0.3 is 0 Å². The topological polar surface area (TPSA) is 9.23 Å². The quantitative estimate of drug-likeness (QED) is 0.489. The van der Waals surface area contributed by atoms with Crippen molar-refractivity contribution in [3.05, 3.63) is 0 Å². The molecule has 1 heteroatoms. The normalized spacial score (nSPS) is 25.0. The van der Waals surface area contributed by atoms with Crippen LogP contribution >= 0.6 is 0 Å². The van der Waals surface area contributed by atoms with Crippen molar-refractivity contribution in [1.29, 1.82) is 0 Å². The zero-order valence-electron chi connectivity index (χ0n) is 6.81. The van der Waals surface area contributed by atoms with E-state index >= 15 is 0 Å². The van der Waals surface area contributed by atoms with E-state index in [1.165, 1.54) is 19.3 Å². The molecule has 1 atom stereocenters. The lowest BCUT2D eigenvalue weighted by Gasteiger charge is -1.94. The molecule has 0 aromatic heterocycles. The highest BCUT2D eigenvalue weighted by atomic mass is 16.5. The van der Waals surface area contributed by atoms with Gasteiger partial charge in [-0.1, -0.05) is 20.3 Å². The molecule has 1 unspecified atom stereocenters. The van der Waals surface area contributed by atoms with E-state index in [0.29, 0.717) is 6.10 Å². The summed E-state index contributed by atoms with van der Waals surface area (Å²) in [6.45, 7) is 7.36. The minimum atomic E-state index is 0.546. The number of hydrogen-bond acceptors (Lipinski definition) is 1. The highest BCUT2D eigenvalue weighted by Gasteiger charge is 2.07. The Morgan fingerprint density at radius 1 is 1.44 bits per heavy atom. The van der Waals surface area contributed by atoms with Crippen LogP contribution in [0.3, 0.4) is 0 Å². The van der Waals surface area contributed by atoms with E-state index in [1.54, 1.807) is 0 Å². The summed E-state index contributed by atoms with van der Waals surface area (Å²) in [4.78, 5) is 0. The first-order valence-electron chi connectivity index (χ1n) is 3.92. The molecule has 0 spiro atoms. The van der Waals surface area contributed by atoms with Crippen LogP contribution in [0.2, 0.25) is 0 Å². The van der Waals surface area contributed by atoms with E-state index in [1.807, 2.05) is 0 Å². The summed E-state index contributed by atoms with van der Waals surface area (Å²) in [7, 11) is 0. The monoisotopic (exact) mass is 130 g/mol. The maximum atomic E-state index is 5.15. The molecule has 56 valence electrons. The SMILES string of the molecule is CC1CCCO1.CCC. The molecule has 0 amide bonds. The molecule has 0 aromatic rings. The second-order valence-corrected chi connectivity index (χ2v) is 2.53. The maximum Gasteiger partial charge on any atom is 0.0547 e. The van der Waals surface area contributed by atoms with Gasteiger partial charge in [0, 0.05) is 6.61 Å². The third-order valence-corrected chi connectivity index (χ3v) is 1.16. The van der Waals surface area contributed by atoms with Crippen LogP contribution < -0.4 is 0 Å². The third kappa shape index (κ3) is 5.84. The Bertz CT molecular complexity index is 46.5. The lowest BCUT2D eigenvalue weighted by Crippen LogP contribution is -1.94. The van der Waals surface area contributed by atoms with Gasteiger partial charge in [0.25, 0.3) is 0 Å². The Labute approximate surface area is 58.4 Å². The van der Waals surface area contributed by atoms with Crippen molar-refractivity contribution in [1.82, 2.24) is 0 Å². The highest BCUT2D eigenvalue weighted by Crippen LogP contribution is 2.09. The van der Waals surface area contributed by atoms with Crippen LogP contribution in [0.25, 0.3) is 0 Å². The van der Waals surface area contributed by atoms with Gasteiger partial charge in [0.05, 0.1) is 6.10 Å². The lowest BCUT2D eigenvalue weighted by molar-refractivity contribution is 0.125. The first-order chi connectivity index (χ1) is 4.31. The van der Waals surface area contributed by atoms with E-state index < -0.39 is 0 Å². The Hall–Kier alpha value is -0.0400. The van der Waals surface area contributed by atoms with Gasteiger partial charge in [-0.25, -0.2) is 0 Å². The molecule has 0 N–H and O–H groups in total. The number of ether oxygens (including phenoxy) is 1. The fourth-order valence-corrected chi connectivity index (χ4v) is 0.739. The molecule has 0 radical (unpaired) electrons. The largest absolute Gasteiger partial charge is 0.379 e. The van der Waals surface area contributed by atoms with Crippen LogP contribution in [0.4, 0.5) is 0 Å². The summed E-state index contributed by atoms with van der Waals surface area (Å²) in [5.74, 6) is 0. The fraction of sp³-hybridized carbons (Fsp3) is 1.00. The molecule has 0 aliphatic carbocycles. The summed E-state index contributed by atoms with van der Waals surface area (Å²) in [6.07, 6.45) is 4.33. The van der Waals surface area contributed by atoms with Crippen LogP contribution in [0.15, 0.2) is 0 Å². The van der Waals surface area contributed by atoms with Gasteiger partial charge in [0.2, 0.25) is 0 Å². The van der Waals surface area contributed by atoms with Gasteiger partial charge in [0.15, 0.2) is 0 Å². The molecule has 0 saturated carbocycles. The van der Waals surface area contributed by atoms with Crippen LogP contribution in [-0.4, -0.2) is 12.7 Å². The predicted molar refractivity (Wildman–Crippen MR) is 40.6 cm³/mol. The molecule has 1 rings (SSSR count). The first kappa shape index (κ1) is 8.96. The van der Waals surface area contributed by atoms with Crippen LogP contribution in [0.5, 0.6) is 0 Å². The summed E-state index contributed by atoms with van der Waals surface area (Å²) < 4.78 is 5.15.